The van der Waals surface area contributed by atoms with E-state index in [1.807, 2.05) is 62.7 Å². The lowest BCUT2D eigenvalue weighted by Gasteiger charge is -2.05. The van der Waals surface area contributed by atoms with Gasteiger partial charge in [0.05, 0.1) is 16.7 Å². The molecule has 202 valence electrons. The number of H-pyrrole nitrogens is 2. The van der Waals surface area contributed by atoms with E-state index in [4.69, 9.17) is 0 Å². The van der Waals surface area contributed by atoms with E-state index in [-0.39, 0.29) is 5.82 Å². The first-order chi connectivity index (χ1) is 20.0. The van der Waals surface area contributed by atoms with E-state index in [1.54, 1.807) is 6.20 Å². The third-order valence-electron chi connectivity index (χ3n) is 7.27. The van der Waals surface area contributed by atoms with Crippen molar-refractivity contribution in [1.29, 1.82) is 0 Å². The zero-order valence-corrected chi connectivity index (χ0v) is 23.1. The molecule has 2 aromatic carbocycles. The molecule has 0 bridgehead atoms. The second kappa shape index (κ2) is 11.2. The molecule has 6 heteroatoms. The highest BCUT2D eigenvalue weighted by Crippen LogP contribution is 2.30. The van der Waals surface area contributed by atoms with Crippen LogP contribution in [0.4, 0.5) is 4.39 Å². The maximum atomic E-state index is 14.2. The largest absolute Gasteiger partial charge is 0.353 e. The Bertz CT molecular complexity index is 1980. The second-order valence-electron chi connectivity index (χ2n) is 10.2. The molecular formula is C35H30FN5. The fourth-order valence-electron chi connectivity index (χ4n) is 5.21. The smallest absolute Gasteiger partial charge is 0.124 e. The van der Waals surface area contributed by atoms with Gasteiger partial charge >= 0.3 is 0 Å². The van der Waals surface area contributed by atoms with Gasteiger partial charge in [0, 0.05) is 40.3 Å². The summed E-state index contributed by atoms with van der Waals surface area (Å²) in [7, 11) is 0. The van der Waals surface area contributed by atoms with Crippen LogP contribution in [0, 0.1) is 12.7 Å². The van der Waals surface area contributed by atoms with Crippen LogP contribution >= 0.6 is 0 Å². The number of nitrogens with one attached hydrogen (secondary N) is 2. The molecule has 6 aromatic rings. The van der Waals surface area contributed by atoms with Crippen molar-refractivity contribution in [1.82, 2.24) is 25.1 Å². The minimum absolute atomic E-state index is 0.279. The number of hydrogen-bond acceptors (Lipinski definition) is 3. The van der Waals surface area contributed by atoms with E-state index in [9.17, 15) is 4.39 Å². The molecule has 0 saturated heterocycles. The highest BCUT2D eigenvalue weighted by atomic mass is 19.1. The van der Waals surface area contributed by atoms with Crippen LogP contribution in [-0.4, -0.2) is 25.1 Å². The van der Waals surface area contributed by atoms with Crippen molar-refractivity contribution in [2.75, 3.05) is 0 Å². The number of fused-ring (bicyclic) bond motifs is 1. The summed E-state index contributed by atoms with van der Waals surface area (Å²) in [6.07, 6.45) is 11.4. The maximum absolute atomic E-state index is 14.2. The lowest BCUT2D eigenvalue weighted by molar-refractivity contribution is 0.627. The molecule has 0 amide bonds. The Morgan fingerprint density at radius 1 is 0.951 bits per heavy atom. The maximum Gasteiger partial charge on any atom is 0.124 e. The number of halogens is 1. The predicted molar refractivity (Wildman–Crippen MR) is 165 cm³/mol. The van der Waals surface area contributed by atoms with Crippen molar-refractivity contribution in [3.63, 3.8) is 0 Å². The zero-order chi connectivity index (χ0) is 28.3. The van der Waals surface area contributed by atoms with Gasteiger partial charge in [0.1, 0.15) is 11.5 Å². The standard InChI is InChI=1S/C35H30FN5/c1-4-31-29(16-23(3)27-17-25(20-37-21-27)11-10-24-8-6-5-7-9-24)35(41-40-31)33-19-30-32(39-33)12-13-38-34(30)26-14-22(2)15-28(36)18-26/h4-9,12-21,39-40H,3,10-11H2,1-2H3/b29-16+,31-4+. The molecule has 4 heterocycles. The fraction of sp³-hybridized carbons (Fsp3) is 0.114. The molecule has 6 rings (SSSR count). The monoisotopic (exact) mass is 539 g/mol. The molecule has 4 aromatic heterocycles. The zero-order valence-electron chi connectivity index (χ0n) is 23.1. The SMILES string of the molecule is C=C(/C=c1/c(-c2cc3c(-c4cc(C)cc(F)c4)nccc3[nH]2)n[nH]/c1=C/C)c1cncc(CCc2ccccc2)c1. The van der Waals surface area contributed by atoms with Crippen molar-refractivity contribution in [3.05, 3.63) is 131 Å². The number of allylic oxidation sites excluding steroid dienone is 1. The molecule has 0 aliphatic rings. The van der Waals surface area contributed by atoms with E-state index in [1.165, 1.54) is 23.3 Å². The van der Waals surface area contributed by atoms with E-state index >= 15 is 0 Å². The Balaban J connectivity index is 1.36. The quantitative estimate of drug-likeness (QED) is 0.242. The van der Waals surface area contributed by atoms with E-state index in [0.29, 0.717) is 0 Å². The summed E-state index contributed by atoms with van der Waals surface area (Å²) in [4.78, 5) is 12.6. The van der Waals surface area contributed by atoms with E-state index < -0.39 is 0 Å². The second-order valence-corrected chi connectivity index (χ2v) is 10.2. The number of benzene rings is 2. The van der Waals surface area contributed by atoms with Gasteiger partial charge in [-0.15, -0.1) is 0 Å². The number of nitrogens with zero attached hydrogens (tertiary/aromatic N) is 3. The topological polar surface area (TPSA) is 70.2 Å². The van der Waals surface area contributed by atoms with Crippen molar-refractivity contribution in [2.24, 2.45) is 0 Å². The van der Waals surface area contributed by atoms with Gasteiger partial charge in [-0.3, -0.25) is 15.1 Å². The first-order valence-electron chi connectivity index (χ1n) is 13.6. The summed E-state index contributed by atoms with van der Waals surface area (Å²) in [5.74, 6) is -0.279. The van der Waals surface area contributed by atoms with Crippen molar-refractivity contribution in [2.45, 2.75) is 26.7 Å². The van der Waals surface area contributed by atoms with Crippen LogP contribution in [0.25, 0.3) is 51.3 Å². The molecule has 0 atom stereocenters. The molecule has 0 unspecified atom stereocenters. The first-order valence-corrected chi connectivity index (χ1v) is 13.6. The average Bonchev–Trinajstić information content (AvgIpc) is 3.60. The molecular weight excluding hydrogens is 509 g/mol. The molecule has 5 nitrogen and oxygen atoms in total. The summed E-state index contributed by atoms with van der Waals surface area (Å²) in [5.41, 5.74) is 9.09. The number of aryl methyl sites for hydroxylation is 3. The van der Waals surface area contributed by atoms with Gasteiger partial charge in [0.25, 0.3) is 0 Å². The van der Waals surface area contributed by atoms with Gasteiger partial charge in [-0.05, 0) is 97.0 Å². The third kappa shape index (κ3) is 5.50. The average molecular weight is 540 g/mol. The molecule has 0 saturated carbocycles. The lowest BCUT2D eigenvalue weighted by atomic mass is 10.0. The molecule has 0 radical (unpaired) electrons. The van der Waals surface area contributed by atoms with E-state index in [0.717, 1.165) is 73.7 Å². The van der Waals surface area contributed by atoms with Gasteiger partial charge in [0.2, 0.25) is 0 Å². The minimum atomic E-state index is -0.279. The molecule has 0 fully saturated rings. The number of aromatic nitrogens is 5. The number of rotatable bonds is 7. The Kier molecular flexibility index (Phi) is 7.13. The highest BCUT2D eigenvalue weighted by molar-refractivity contribution is 5.96. The van der Waals surface area contributed by atoms with Gasteiger partial charge in [0.15, 0.2) is 0 Å². The molecule has 2 N–H and O–H groups in total. The van der Waals surface area contributed by atoms with Crippen LogP contribution in [0.5, 0.6) is 0 Å². The Morgan fingerprint density at radius 3 is 2.59 bits per heavy atom. The summed E-state index contributed by atoms with van der Waals surface area (Å²) in [5, 5.41) is 10.5. The summed E-state index contributed by atoms with van der Waals surface area (Å²) < 4.78 is 14.2. The van der Waals surface area contributed by atoms with E-state index in [2.05, 4.69) is 62.1 Å². The number of hydrogen-bond donors (Lipinski definition) is 2. The van der Waals surface area contributed by atoms with Gasteiger partial charge in [-0.2, -0.15) is 5.10 Å². The van der Waals surface area contributed by atoms with Crippen LogP contribution in [0.1, 0.15) is 29.2 Å². The van der Waals surface area contributed by atoms with Gasteiger partial charge in [-0.1, -0.05) is 43.0 Å². The van der Waals surface area contributed by atoms with Crippen LogP contribution in [0.3, 0.4) is 0 Å². The minimum Gasteiger partial charge on any atom is -0.353 e. The van der Waals surface area contributed by atoms with Crippen LogP contribution in [0.15, 0.2) is 91.9 Å². The summed E-state index contributed by atoms with van der Waals surface area (Å²) in [6.45, 7) is 8.23. The lowest BCUT2D eigenvalue weighted by Crippen LogP contribution is -2.23. The van der Waals surface area contributed by atoms with Crippen LogP contribution in [0.2, 0.25) is 0 Å². The van der Waals surface area contributed by atoms with Crippen molar-refractivity contribution in [3.8, 4) is 22.6 Å². The van der Waals surface area contributed by atoms with Crippen molar-refractivity contribution >= 4 is 28.6 Å². The van der Waals surface area contributed by atoms with Gasteiger partial charge in [-0.25, -0.2) is 4.39 Å². The number of pyridine rings is 2. The molecule has 41 heavy (non-hydrogen) atoms. The van der Waals surface area contributed by atoms with Crippen LogP contribution < -0.4 is 10.6 Å². The van der Waals surface area contributed by atoms with Crippen LogP contribution in [-0.2, 0) is 12.8 Å². The first kappa shape index (κ1) is 26.1. The number of aromatic amines is 2. The normalized spacial score (nSPS) is 12.4. The summed E-state index contributed by atoms with van der Waals surface area (Å²) in [6, 6.07) is 21.6. The Morgan fingerprint density at radius 2 is 1.78 bits per heavy atom. The molecule has 0 aliphatic carbocycles. The fourth-order valence-corrected chi connectivity index (χ4v) is 5.21. The predicted octanol–water partition coefficient (Wildman–Crippen LogP) is 6.54. The highest BCUT2D eigenvalue weighted by Gasteiger charge is 2.14. The summed E-state index contributed by atoms with van der Waals surface area (Å²) >= 11 is 0. The molecule has 0 aliphatic heterocycles. The molecule has 0 spiro atoms. The third-order valence-corrected chi connectivity index (χ3v) is 7.27. The van der Waals surface area contributed by atoms with Gasteiger partial charge < -0.3 is 4.98 Å². The Hall–Kier alpha value is -5.10. The van der Waals surface area contributed by atoms with Crippen molar-refractivity contribution < 1.29 is 4.39 Å². The Labute approximate surface area is 237 Å².